The van der Waals surface area contributed by atoms with Gasteiger partial charge in [0, 0.05) is 25.2 Å². The second-order valence-electron chi connectivity index (χ2n) is 7.00. The minimum Gasteiger partial charge on any atom is -0.326 e. The van der Waals surface area contributed by atoms with Crippen LogP contribution in [0.5, 0.6) is 0 Å². The minimum atomic E-state index is -0.0843. The molecule has 0 saturated carbocycles. The van der Waals surface area contributed by atoms with E-state index in [2.05, 4.69) is 20.8 Å². The number of piperazine rings is 1. The molecule has 1 heterocycles. The van der Waals surface area contributed by atoms with Crippen LogP contribution in [0.25, 0.3) is 0 Å². The number of hydrogen-bond acceptors (Lipinski definition) is 6. The summed E-state index contributed by atoms with van der Waals surface area (Å²) in [6, 6.07) is 15.1. The van der Waals surface area contributed by atoms with Gasteiger partial charge in [-0.05, 0) is 35.4 Å². The molecular weight excluding hydrogens is 380 g/mol. The summed E-state index contributed by atoms with van der Waals surface area (Å²) in [4.78, 5) is 22.1. The Morgan fingerprint density at radius 3 is 1.33 bits per heavy atom. The molecule has 1 fully saturated rings. The van der Waals surface area contributed by atoms with Gasteiger partial charge in [-0.1, -0.05) is 24.3 Å². The van der Waals surface area contributed by atoms with Gasteiger partial charge in [-0.15, -0.1) is 0 Å². The molecule has 2 aromatic carbocycles. The first kappa shape index (κ1) is 21.0. The zero-order valence-corrected chi connectivity index (χ0v) is 17.2. The molecule has 30 heavy (non-hydrogen) atoms. The lowest BCUT2D eigenvalue weighted by Crippen LogP contribution is -2.41. The Balaban J connectivity index is 1.45. The van der Waals surface area contributed by atoms with Crippen LogP contribution in [0.4, 0.5) is 11.4 Å². The predicted molar refractivity (Wildman–Crippen MR) is 120 cm³/mol. The third kappa shape index (κ3) is 6.73. The maximum atomic E-state index is 11.1. The average molecular weight is 406 g/mol. The van der Waals surface area contributed by atoms with Crippen LogP contribution < -0.4 is 10.6 Å². The van der Waals surface area contributed by atoms with Crippen LogP contribution in [0.3, 0.4) is 0 Å². The van der Waals surface area contributed by atoms with Crippen LogP contribution in [-0.4, -0.2) is 60.4 Å². The first-order chi connectivity index (χ1) is 14.5. The largest absolute Gasteiger partial charge is 0.326 e. The Morgan fingerprint density at radius 2 is 1.03 bits per heavy atom. The summed E-state index contributed by atoms with van der Waals surface area (Å²) < 4.78 is 0. The molecule has 8 heteroatoms. The first-order valence-electron chi connectivity index (χ1n) is 9.81. The van der Waals surface area contributed by atoms with Crippen molar-refractivity contribution in [3.63, 3.8) is 0 Å². The van der Waals surface area contributed by atoms with Crippen molar-refractivity contribution in [1.82, 2.24) is 10.0 Å². The molecule has 0 atom stereocenters. The Morgan fingerprint density at radius 1 is 0.700 bits per heavy atom. The summed E-state index contributed by atoms with van der Waals surface area (Å²) in [5.41, 5.74) is 3.51. The number of nitrogens with one attached hydrogen (secondary N) is 2. The molecule has 0 bridgehead atoms. The third-order valence-corrected chi connectivity index (χ3v) is 4.43. The molecule has 0 aliphatic carbocycles. The van der Waals surface area contributed by atoms with Gasteiger partial charge in [0.05, 0.1) is 38.6 Å². The zero-order chi connectivity index (χ0) is 21.3. The van der Waals surface area contributed by atoms with Gasteiger partial charge in [0.2, 0.25) is 11.8 Å². The van der Waals surface area contributed by atoms with Crippen molar-refractivity contribution in [2.24, 2.45) is 10.2 Å². The van der Waals surface area contributed by atoms with E-state index in [0.717, 1.165) is 48.7 Å². The molecule has 1 aliphatic heterocycles. The zero-order valence-electron chi connectivity index (χ0n) is 17.2. The monoisotopic (exact) mass is 406 g/mol. The van der Waals surface area contributed by atoms with Crippen LogP contribution in [-0.2, 0) is 9.59 Å². The SMILES string of the molecule is CC(=O)Nc1ccc(/C=N/N2CCN(/N=C/c3ccc(NC(C)=O)cc3)CC2)cc1. The van der Waals surface area contributed by atoms with E-state index >= 15 is 0 Å². The number of carbonyl (C=O) groups is 2. The van der Waals surface area contributed by atoms with E-state index in [1.807, 2.05) is 71.0 Å². The Hall–Kier alpha value is -3.68. The summed E-state index contributed by atoms with van der Waals surface area (Å²) >= 11 is 0. The predicted octanol–water partition coefficient (Wildman–Crippen LogP) is 2.59. The number of hydrogen-bond donors (Lipinski definition) is 2. The van der Waals surface area contributed by atoms with E-state index in [-0.39, 0.29) is 11.8 Å². The number of hydrazone groups is 2. The molecule has 0 aromatic heterocycles. The first-order valence-corrected chi connectivity index (χ1v) is 9.81. The number of anilines is 2. The van der Waals surface area contributed by atoms with Crippen LogP contribution >= 0.6 is 0 Å². The van der Waals surface area contributed by atoms with Crippen molar-refractivity contribution in [2.75, 3.05) is 36.8 Å². The van der Waals surface area contributed by atoms with Crippen LogP contribution in [0.1, 0.15) is 25.0 Å². The highest BCUT2D eigenvalue weighted by Gasteiger charge is 2.13. The molecule has 0 spiro atoms. The highest BCUT2D eigenvalue weighted by atomic mass is 16.2. The van der Waals surface area contributed by atoms with Gasteiger partial charge in [-0.25, -0.2) is 0 Å². The van der Waals surface area contributed by atoms with E-state index in [9.17, 15) is 9.59 Å². The Labute approximate surface area is 176 Å². The number of benzene rings is 2. The minimum absolute atomic E-state index is 0.0843. The molecule has 0 radical (unpaired) electrons. The van der Waals surface area contributed by atoms with Crippen molar-refractivity contribution < 1.29 is 9.59 Å². The fraction of sp³-hybridized carbons (Fsp3) is 0.273. The maximum Gasteiger partial charge on any atom is 0.221 e. The molecule has 3 rings (SSSR count). The lowest BCUT2D eigenvalue weighted by Gasteiger charge is -2.31. The molecule has 2 N–H and O–H groups in total. The van der Waals surface area contributed by atoms with Crippen molar-refractivity contribution in [3.05, 3.63) is 59.7 Å². The Kier molecular flexibility index (Phi) is 7.15. The van der Waals surface area contributed by atoms with E-state index in [0.29, 0.717) is 0 Å². The number of rotatable bonds is 6. The fourth-order valence-corrected chi connectivity index (χ4v) is 2.92. The summed E-state index contributed by atoms with van der Waals surface area (Å²) in [5.74, 6) is -0.169. The van der Waals surface area contributed by atoms with Crippen LogP contribution in [0.15, 0.2) is 58.7 Å². The lowest BCUT2D eigenvalue weighted by atomic mass is 10.2. The van der Waals surface area contributed by atoms with Gasteiger partial charge in [0.1, 0.15) is 0 Å². The quantitative estimate of drug-likeness (QED) is 0.722. The van der Waals surface area contributed by atoms with Crippen molar-refractivity contribution in [1.29, 1.82) is 0 Å². The van der Waals surface area contributed by atoms with Crippen LogP contribution in [0.2, 0.25) is 0 Å². The van der Waals surface area contributed by atoms with Crippen molar-refractivity contribution >= 4 is 35.6 Å². The molecule has 0 unspecified atom stereocenters. The summed E-state index contributed by atoms with van der Waals surface area (Å²) in [6.45, 7) is 6.14. The highest BCUT2D eigenvalue weighted by Crippen LogP contribution is 2.10. The topological polar surface area (TPSA) is 89.4 Å². The van der Waals surface area contributed by atoms with Gasteiger partial charge in [0.25, 0.3) is 0 Å². The number of carbonyl (C=O) groups excluding carboxylic acids is 2. The third-order valence-electron chi connectivity index (χ3n) is 4.43. The van der Waals surface area contributed by atoms with E-state index < -0.39 is 0 Å². The average Bonchev–Trinajstić information content (AvgIpc) is 2.73. The summed E-state index contributed by atoms with van der Waals surface area (Å²) in [7, 11) is 0. The second-order valence-corrected chi connectivity index (χ2v) is 7.00. The second kappa shape index (κ2) is 10.2. The molecule has 2 amide bonds. The fourth-order valence-electron chi connectivity index (χ4n) is 2.92. The molecule has 8 nitrogen and oxygen atoms in total. The van der Waals surface area contributed by atoms with Gasteiger partial charge >= 0.3 is 0 Å². The van der Waals surface area contributed by atoms with Gasteiger partial charge < -0.3 is 10.6 Å². The summed E-state index contributed by atoms with van der Waals surface area (Å²) in [5, 5.41) is 18.6. The van der Waals surface area contributed by atoms with E-state index in [4.69, 9.17) is 0 Å². The molecule has 2 aromatic rings. The summed E-state index contributed by atoms with van der Waals surface area (Å²) in [6.07, 6.45) is 3.65. The molecule has 156 valence electrons. The van der Waals surface area contributed by atoms with E-state index in [1.54, 1.807) is 0 Å². The molecule has 1 aliphatic rings. The van der Waals surface area contributed by atoms with Gasteiger partial charge in [-0.2, -0.15) is 10.2 Å². The van der Waals surface area contributed by atoms with Gasteiger partial charge in [0.15, 0.2) is 0 Å². The Bertz CT molecular complexity index is 836. The number of nitrogens with zero attached hydrogens (tertiary/aromatic N) is 4. The molecule has 1 saturated heterocycles. The van der Waals surface area contributed by atoms with Crippen LogP contribution in [0, 0.1) is 0 Å². The standard InChI is InChI=1S/C22H26N6O2/c1-17(29)25-21-7-3-19(4-8-21)15-23-27-11-13-28(14-12-27)24-16-20-5-9-22(10-6-20)26-18(2)30/h3-10,15-16H,11-14H2,1-2H3,(H,25,29)(H,26,30)/b23-15+,24-16+. The maximum absolute atomic E-state index is 11.1. The highest BCUT2D eigenvalue weighted by molar-refractivity contribution is 5.90. The lowest BCUT2D eigenvalue weighted by molar-refractivity contribution is -0.115. The number of amides is 2. The van der Waals surface area contributed by atoms with Crippen molar-refractivity contribution in [2.45, 2.75) is 13.8 Å². The van der Waals surface area contributed by atoms with Crippen molar-refractivity contribution in [3.8, 4) is 0 Å². The van der Waals surface area contributed by atoms with Gasteiger partial charge in [-0.3, -0.25) is 19.6 Å². The van der Waals surface area contributed by atoms with E-state index in [1.165, 1.54) is 13.8 Å². The molecular formula is C22H26N6O2. The smallest absolute Gasteiger partial charge is 0.221 e. The normalized spacial score (nSPS) is 14.3.